The highest BCUT2D eigenvalue weighted by atomic mass is 16.2. The maximum atomic E-state index is 12.0. The number of hydrogen-bond donors (Lipinski definition) is 0. The van der Waals surface area contributed by atoms with Crippen LogP contribution in [0.15, 0.2) is 0 Å². The van der Waals surface area contributed by atoms with Gasteiger partial charge in [0, 0.05) is 19.0 Å². The van der Waals surface area contributed by atoms with Gasteiger partial charge < -0.3 is 4.90 Å². The van der Waals surface area contributed by atoms with Crippen molar-refractivity contribution >= 4 is 5.91 Å². The summed E-state index contributed by atoms with van der Waals surface area (Å²) in [5.41, 5.74) is 0. The fraction of sp³-hybridized carbons (Fsp3) is 0.867. The van der Waals surface area contributed by atoms with Gasteiger partial charge in [-0.1, -0.05) is 39.0 Å². The van der Waals surface area contributed by atoms with Crippen LogP contribution in [0.25, 0.3) is 0 Å². The van der Waals surface area contributed by atoms with E-state index in [1.807, 2.05) is 18.7 Å². The van der Waals surface area contributed by atoms with E-state index in [1.54, 1.807) is 0 Å². The van der Waals surface area contributed by atoms with Gasteiger partial charge in [-0.05, 0) is 20.3 Å². The predicted molar refractivity (Wildman–Crippen MR) is 75.1 cm³/mol. The smallest absolute Gasteiger partial charge is 0.222 e. The van der Waals surface area contributed by atoms with Crippen molar-refractivity contribution in [2.24, 2.45) is 0 Å². The van der Waals surface area contributed by atoms with Gasteiger partial charge in [0.2, 0.25) is 5.91 Å². The molecule has 0 rings (SSSR count). The molecular formula is C15H28N2O. The second-order valence-corrected chi connectivity index (χ2v) is 5.11. The number of amides is 1. The number of hydrogen-bond acceptors (Lipinski definition) is 2. The molecule has 0 aliphatic heterocycles. The molecule has 0 aliphatic rings. The molecule has 0 saturated heterocycles. The lowest BCUT2D eigenvalue weighted by Gasteiger charge is -2.25. The van der Waals surface area contributed by atoms with Gasteiger partial charge in [-0.15, -0.1) is 0 Å². The fourth-order valence-electron chi connectivity index (χ4n) is 2.04. The number of unbranched alkanes of at least 4 members (excludes halogenated alkanes) is 5. The van der Waals surface area contributed by atoms with Crippen LogP contribution in [-0.2, 0) is 4.79 Å². The standard InChI is InChI=1S/C15H28N2O/c1-4-5-6-7-8-9-11-15(18)17(14(2)3)13-10-12-16/h14H,4-11,13H2,1-3H3. The predicted octanol–water partition coefficient (Wildman–Crippen LogP) is 3.89. The minimum absolute atomic E-state index is 0.200. The van der Waals surface area contributed by atoms with Gasteiger partial charge in [0.1, 0.15) is 0 Å². The Balaban J connectivity index is 3.79. The molecule has 3 heteroatoms. The van der Waals surface area contributed by atoms with Gasteiger partial charge in [-0.25, -0.2) is 0 Å². The van der Waals surface area contributed by atoms with Crippen molar-refractivity contribution in [3.63, 3.8) is 0 Å². The first-order valence-electron chi connectivity index (χ1n) is 7.29. The molecule has 1 amide bonds. The summed E-state index contributed by atoms with van der Waals surface area (Å²) in [5.74, 6) is 0.204. The largest absolute Gasteiger partial charge is 0.339 e. The van der Waals surface area contributed by atoms with Crippen molar-refractivity contribution in [3.05, 3.63) is 0 Å². The monoisotopic (exact) mass is 252 g/mol. The third kappa shape index (κ3) is 8.11. The topological polar surface area (TPSA) is 44.1 Å². The second-order valence-electron chi connectivity index (χ2n) is 5.11. The Hall–Kier alpha value is -1.04. The van der Waals surface area contributed by atoms with E-state index in [2.05, 4.69) is 13.0 Å². The van der Waals surface area contributed by atoms with Gasteiger partial charge in [0.25, 0.3) is 0 Å². The van der Waals surface area contributed by atoms with E-state index in [1.165, 1.54) is 25.7 Å². The van der Waals surface area contributed by atoms with Crippen LogP contribution in [0.3, 0.4) is 0 Å². The van der Waals surface area contributed by atoms with Crippen molar-refractivity contribution < 1.29 is 4.79 Å². The van der Waals surface area contributed by atoms with Gasteiger partial charge in [-0.2, -0.15) is 5.26 Å². The molecule has 0 saturated carbocycles. The minimum atomic E-state index is 0.200. The zero-order chi connectivity index (χ0) is 13.8. The first kappa shape index (κ1) is 17.0. The van der Waals surface area contributed by atoms with E-state index in [0.717, 1.165) is 12.8 Å². The van der Waals surface area contributed by atoms with Crippen LogP contribution >= 0.6 is 0 Å². The number of nitrogens with zero attached hydrogens (tertiary/aromatic N) is 2. The molecule has 0 aromatic heterocycles. The molecule has 0 aromatic carbocycles. The van der Waals surface area contributed by atoms with Crippen LogP contribution in [0.2, 0.25) is 0 Å². The summed E-state index contributed by atoms with van der Waals surface area (Å²) < 4.78 is 0. The van der Waals surface area contributed by atoms with Crippen molar-refractivity contribution in [2.45, 2.75) is 78.2 Å². The zero-order valence-electron chi connectivity index (χ0n) is 12.2. The van der Waals surface area contributed by atoms with Crippen LogP contribution < -0.4 is 0 Å². The first-order valence-corrected chi connectivity index (χ1v) is 7.29. The van der Waals surface area contributed by atoms with Gasteiger partial charge >= 0.3 is 0 Å². The molecule has 3 nitrogen and oxygen atoms in total. The van der Waals surface area contributed by atoms with Crippen LogP contribution in [0.4, 0.5) is 0 Å². The Bertz CT molecular complexity index is 256. The number of carbonyl (C=O) groups is 1. The Kier molecular flexibility index (Phi) is 10.4. The van der Waals surface area contributed by atoms with Crippen molar-refractivity contribution in [1.82, 2.24) is 4.90 Å². The van der Waals surface area contributed by atoms with E-state index in [4.69, 9.17) is 5.26 Å². The first-order chi connectivity index (χ1) is 8.63. The lowest BCUT2D eigenvalue weighted by atomic mass is 10.1. The highest BCUT2D eigenvalue weighted by Crippen LogP contribution is 2.10. The van der Waals surface area contributed by atoms with Crippen molar-refractivity contribution in [2.75, 3.05) is 6.54 Å². The zero-order valence-corrected chi connectivity index (χ0v) is 12.2. The third-order valence-electron chi connectivity index (χ3n) is 3.15. The molecule has 18 heavy (non-hydrogen) atoms. The molecule has 0 aliphatic carbocycles. The molecule has 0 radical (unpaired) electrons. The molecular weight excluding hydrogens is 224 g/mol. The average Bonchev–Trinajstić information content (AvgIpc) is 2.33. The Labute approximate surface area is 112 Å². The van der Waals surface area contributed by atoms with E-state index < -0.39 is 0 Å². The second kappa shape index (κ2) is 11.1. The number of carbonyl (C=O) groups excluding carboxylic acids is 1. The Morgan fingerprint density at radius 3 is 2.33 bits per heavy atom. The minimum Gasteiger partial charge on any atom is -0.339 e. The summed E-state index contributed by atoms with van der Waals surface area (Å²) >= 11 is 0. The number of rotatable bonds is 10. The Morgan fingerprint density at radius 1 is 1.17 bits per heavy atom. The molecule has 0 fully saturated rings. The van der Waals surface area contributed by atoms with E-state index in [0.29, 0.717) is 19.4 Å². The lowest BCUT2D eigenvalue weighted by Crippen LogP contribution is -2.37. The summed E-state index contributed by atoms with van der Waals surface area (Å²) in [7, 11) is 0. The molecule has 0 spiro atoms. The van der Waals surface area contributed by atoms with Crippen LogP contribution in [-0.4, -0.2) is 23.4 Å². The summed E-state index contributed by atoms with van der Waals surface area (Å²) in [6.07, 6.45) is 8.28. The molecule has 0 aromatic rings. The summed E-state index contributed by atoms with van der Waals surface area (Å²) in [6.45, 7) is 6.80. The van der Waals surface area contributed by atoms with Gasteiger partial charge in [0.15, 0.2) is 0 Å². The summed E-state index contributed by atoms with van der Waals surface area (Å²) in [5, 5.41) is 8.59. The van der Waals surface area contributed by atoms with Gasteiger partial charge in [0.05, 0.1) is 12.5 Å². The maximum Gasteiger partial charge on any atom is 0.222 e. The van der Waals surface area contributed by atoms with Crippen LogP contribution in [0.1, 0.15) is 72.1 Å². The molecule has 0 heterocycles. The molecule has 0 N–H and O–H groups in total. The molecule has 0 unspecified atom stereocenters. The lowest BCUT2D eigenvalue weighted by molar-refractivity contribution is -0.132. The Morgan fingerprint density at radius 2 is 1.78 bits per heavy atom. The molecule has 0 bridgehead atoms. The molecule has 104 valence electrons. The van der Waals surface area contributed by atoms with Crippen LogP contribution in [0.5, 0.6) is 0 Å². The van der Waals surface area contributed by atoms with E-state index >= 15 is 0 Å². The van der Waals surface area contributed by atoms with Crippen molar-refractivity contribution in [3.8, 4) is 6.07 Å². The van der Waals surface area contributed by atoms with Gasteiger partial charge in [-0.3, -0.25) is 4.79 Å². The SMILES string of the molecule is CCCCCCCCC(=O)N(CCC#N)C(C)C. The fourth-order valence-corrected chi connectivity index (χ4v) is 2.04. The molecule has 0 atom stereocenters. The average molecular weight is 252 g/mol. The van der Waals surface area contributed by atoms with E-state index in [-0.39, 0.29) is 11.9 Å². The quantitative estimate of drug-likeness (QED) is 0.554. The highest BCUT2D eigenvalue weighted by Gasteiger charge is 2.15. The summed E-state index contributed by atoms with van der Waals surface area (Å²) in [6, 6.07) is 2.30. The maximum absolute atomic E-state index is 12.0. The highest BCUT2D eigenvalue weighted by molar-refractivity contribution is 5.76. The normalized spacial score (nSPS) is 10.4. The summed E-state index contributed by atoms with van der Waals surface area (Å²) in [4.78, 5) is 13.8. The third-order valence-corrected chi connectivity index (χ3v) is 3.15. The van der Waals surface area contributed by atoms with Crippen LogP contribution in [0, 0.1) is 11.3 Å². The number of nitriles is 1. The van der Waals surface area contributed by atoms with E-state index in [9.17, 15) is 4.79 Å². The van der Waals surface area contributed by atoms with Crippen molar-refractivity contribution in [1.29, 1.82) is 5.26 Å².